The summed E-state index contributed by atoms with van der Waals surface area (Å²) in [7, 11) is 0. The fourth-order valence-electron chi connectivity index (χ4n) is 2.31. The van der Waals surface area contributed by atoms with Gasteiger partial charge in [-0.2, -0.15) is 0 Å². The summed E-state index contributed by atoms with van der Waals surface area (Å²) in [5, 5.41) is 9.46. The van der Waals surface area contributed by atoms with Crippen LogP contribution in [0.25, 0.3) is 10.4 Å². The molecule has 1 aromatic rings. The summed E-state index contributed by atoms with van der Waals surface area (Å²) in [6.45, 7) is 7.50. The highest BCUT2D eigenvalue weighted by molar-refractivity contribution is 5.94. The zero-order valence-electron chi connectivity index (χ0n) is 18.2. The van der Waals surface area contributed by atoms with Gasteiger partial charge in [0.1, 0.15) is 19.0 Å². The molecule has 1 rings (SSSR count). The number of ether oxygens (including phenoxy) is 4. The number of nitrogens with zero attached hydrogens (tertiary/aromatic N) is 3. The number of esters is 1. The van der Waals surface area contributed by atoms with Crippen LogP contribution in [0, 0.1) is 0 Å². The van der Waals surface area contributed by atoms with Gasteiger partial charge in [-0.3, -0.25) is 4.79 Å². The van der Waals surface area contributed by atoms with Gasteiger partial charge < -0.3 is 29.6 Å². The van der Waals surface area contributed by atoms with Gasteiger partial charge in [0, 0.05) is 23.6 Å². The second-order valence-electron chi connectivity index (χ2n) is 6.57. The first-order chi connectivity index (χ1) is 15.0. The second-order valence-corrected chi connectivity index (χ2v) is 6.57. The minimum absolute atomic E-state index is 0.0507. The molecule has 11 nitrogen and oxygen atoms in total. The Kier molecular flexibility index (Phi) is 13.4. The highest BCUT2D eigenvalue weighted by Crippen LogP contribution is 2.14. The standard InChI is InChI=1S/C20H31N5O6/c1-4-22-8-9-23-20(27)16-6-5-7-17(12-16)30-13-18(24-25-21)29-11-10-28-14-19(26)31-15(2)3/h5-7,12,15,18,22H,4,8-11,13-14H2,1-3H3,(H,23,27). The number of likely N-dealkylation sites (N-methyl/N-ethyl adjacent to an activating group) is 1. The van der Waals surface area contributed by atoms with Crippen LogP contribution in [0.2, 0.25) is 0 Å². The maximum Gasteiger partial charge on any atom is 0.332 e. The molecule has 0 radical (unpaired) electrons. The molecular formula is C20H31N5O6. The molecule has 1 unspecified atom stereocenters. The molecule has 2 N–H and O–H groups in total. The summed E-state index contributed by atoms with van der Waals surface area (Å²) in [5.74, 6) is -0.233. The van der Waals surface area contributed by atoms with Crippen LogP contribution >= 0.6 is 0 Å². The molecule has 1 aromatic carbocycles. The lowest BCUT2D eigenvalue weighted by Gasteiger charge is -2.15. The number of hydrogen-bond donors (Lipinski definition) is 2. The van der Waals surface area contributed by atoms with Gasteiger partial charge in [0.05, 0.1) is 19.3 Å². The van der Waals surface area contributed by atoms with Crippen LogP contribution < -0.4 is 15.4 Å². The molecule has 0 saturated carbocycles. The molecule has 1 amide bonds. The van der Waals surface area contributed by atoms with Crippen molar-refractivity contribution in [1.82, 2.24) is 10.6 Å². The molecule has 172 valence electrons. The number of azide groups is 1. The summed E-state index contributed by atoms with van der Waals surface area (Å²) in [5.41, 5.74) is 9.16. The normalized spacial score (nSPS) is 11.5. The minimum atomic E-state index is -0.895. The SMILES string of the molecule is CCNCCNC(=O)c1cccc(OCC(N=[N+]=[N-])OCCOCC(=O)OC(C)C)c1. The number of benzene rings is 1. The Morgan fingerprint density at radius 1 is 1.23 bits per heavy atom. The van der Waals surface area contributed by atoms with Crippen LogP contribution in [0.5, 0.6) is 5.75 Å². The van der Waals surface area contributed by atoms with Gasteiger partial charge in [0.15, 0.2) is 6.23 Å². The summed E-state index contributed by atoms with van der Waals surface area (Å²) >= 11 is 0. The highest BCUT2D eigenvalue weighted by atomic mass is 16.6. The van der Waals surface area contributed by atoms with Crippen molar-refractivity contribution in [3.63, 3.8) is 0 Å². The van der Waals surface area contributed by atoms with Gasteiger partial charge in [-0.1, -0.05) is 18.1 Å². The third-order valence-corrected chi connectivity index (χ3v) is 3.63. The molecule has 0 aromatic heterocycles. The van der Waals surface area contributed by atoms with Crippen LogP contribution in [0.1, 0.15) is 31.1 Å². The van der Waals surface area contributed by atoms with Crippen molar-refractivity contribution in [1.29, 1.82) is 0 Å². The van der Waals surface area contributed by atoms with Crippen LogP contribution in [-0.4, -0.2) is 70.3 Å². The van der Waals surface area contributed by atoms with Crippen LogP contribution in [-0.2, 0) is 19.0 Å². The Labute approximate surface area is 182 Å². The number of rotatable bonds is 16. The van der Waals surface area contributed by atoms with E-state index in [1.807, 2.05) is 6.92 Å². The van der Waals surface area contributed by atoms with Gasteiger partial charge in [-0.15, -0.1) is 0 Å². The third kappa shape index (κ3) is 12.4. The fourth-order valence-corrected chi connectivity index (χ4v) is 2.31. The summed E-state index contributed by atoms with van der Waals surface area (Å²) < 4.78 is 21.1. The van der Waals surface area contributed by atoms with Crippen molar-refractivity contribution in [3.8, 4) is 5.75 Å². The quantitative estimate of drug-likeness (QED) is 0.132. The molecular weight excluding hydrogens is 406 g/mol. The van der Waals surface area contributed by atoms with E-state index in [1.54, 1.807) is 38.1 Å². The number of carbonyl (C=O) groups excluding carboxylic acids is 2. The molecule has 0 aliphatic rings. The summed E-state index contributed by atoms with van der Waals surface area (Å²) in [4.78, 5) is 26.3. The monoisotopic (exact) mass is 437 g/mol. The topological polar surface area (TPSA) is 144 Å². The van der Waals surface area contributed by atoms with E-state index in [0.717, 1.165) is 6.54 Å². The van der Waals surface area contributed by atoms with Gasteiger partial charge in [-0.05, 0) is 44.1 Å². The predicted molar refractivity (Wildman–Crippen MR) is 114 cm³/mol. The van der Waals surface area contributed by atoms with Crippen molar-refractivity contribution in [2.24, 2.45) is 5.11 Å². The van der Waals surface area contributed by atoms with Crippen molar-refractivity contribution >= 4 is 11.9 Å². The Hall–Kier alpha value is -2.85. The first-order valence-electron chi connectivity index (χ1n) is 10.1. The average molecular weight is 437 g/mol. The minimum Gasteiger partial charge on any atom is -0.491 e. The lowest BCUT2D eigenvalue weighted by atomic mass is 10.2. The maximum absolute atomic E-state index is 12.2. The van der Waals surface area contributed by atoms with Gasteiger partial charge in [-0.25, -0.2) is 4.79 Å². The van der Waals surface area contributed by atoms with E-state index in [0.29, 0.717) is 24.4 Å². The summed E-state index contributed by atoms with van der Waals surface area (Å²) in [6, 6.07) is 6.66. The van der Waals surface area contributed by atoms with E-state index in [-0.39, 0.29) is 38.4 Å². The number of amides is 1. The van der Waals surface area contributed by atoms with E-state index >= 15 is 0 Å². The first kappa shape index (κ1) is 26.2. The van der Waals surface area contributed by atoms with Crippen LogP contribution in [0.4, 0.5) is 0 Å². The van der Waals surface area contributed by atoms with Crippen molar-refractivity contribution < 1.29 is 28.5 Å². The Morgan fingerprint density at radius 3 is 2.74 bits per heavy atom. The van der Waals surface area contributed by atoms with Crippen LogP contribution in [0.15, 0.2) is 29.4 Å². The smallest absolute Gasteiger partial charge is 0.332 e. The number of hydrogen-bond acceptors (Lipinski definition) is 8. The summed E-state index contributed by atoms with van der Waals surface area (Å²) in [6.07, 6.45) is -1.10. The Morgan fingerprint density at radius 2 is 2.03 bits per heavy atom. The van der Waals surface area contributed by atoms with Gasteiger partial charge in [0.25, 0.3) is 5.91 Å². The molecule has 0 aliphatic heterocycles. The lowest BCUT2D eigenvalue weighted by molar-refractivity contribution is -0.153. The molecule has 0 fully saturated rings. The van der Waals surface area contributed by atoms with E-state index in [2.05, 4.69) is 20.7 Å². The van der Waals surface area contributed by atoms with Crippen molar-refractivity contribution in [3.05, 3.63) is 40.3 Å². The van der Waals surface area contributed by atoms with E-state index in [1.165, 1.54) is 0 Å². The number of nitrogens with one attached hydrogen (secondary N) is 2. The second kappa shape index (κ2) is 15.9. The molecule has 11 heteroatoms. The molecule has 0 bridgehead atoms. The predicted octanol–water partition coefficient (Wildman–Crippen LogP) is 2.03. The number of carbonyl (C=O) groups is 2. The highest BCUT2D eigenvalue weighted by Gasteiger charge is 2.11. The van der Waals surface area contributed by atoms with Crippen LogP contribution in [0.3, 0.4) is 0 Å². The molecule has 31 heavy (non-hydrogen) atoms. The maximum atomic E-state index is 12.2. The Bertz CT molecular complexity index is 724. The Balaban J connectivity index is 2.41. The van der Waals surface area contributed by atoms with E-state index < -0.39 is 12.2 Å². The molecule has 0 saturated heterocycles. The zero-order chi connectivity index (χ0) is 22.9. The molecule has 0 aliphatic carbocycles. The largest absolute Gasteiger partial charge is 0.491 e. The molecule has 0 spiro atoms. The van der Waals surface area contributed by atoms with Crippen molar-refractivity contribution in [2.75, 3.05) is 46.1 Å². The fraction of sp³-hybridized carbons (Fsp3) is 0.600. The average Bonchev–Trinajstić information content (AvgIpc) is 2.74. The van der Waals surface area contributed by atoms with Crippen molar-refractivity contribution in [2.45, 2.75) is 33.1 Å². The van der Waals surface area contributed by atoms with E-state index in [9.17, 15) is 9.59 Å². The van der Waals surface area contributed by atoms with Gasteiger partial charge >= 0.3 is 5.97 Å². The third-order valence-electron chi connectivity index (χ3n) is 3.63. The molecule has 1 atom stereocenters. The van der Waals surface area contributed by atoms with E-state index in [4.69, 9.17) is 24.5 Å². The molecule has 0 heterocycles. The first-order valence-corrected chi connectivity index (χ1v) is 10.1. The zero-order valence-corrected chi connectivity index (χ0v) is 18.2. The van der Waals surface area contributed by atoms with Gasteiger partial charge in [0.2, 0.25) is 0 Å². The lowest BCUT2D eigenvalue weighted by Crippen LogP contribution is -2.31.